The number of carbonyl (C=O) groups is 1. The molecule has 1 aliphatic rings. The fraction of sp³-hybridized carbons (Fsp3) is 0.889. The summed E-state index contributed by atoms with van der Waals surface area (Å²) >= 11 is 0. The van der Waals surface area contributed by atoms with Gasteiger partial charge in [-0.25, -0.2) is 0 Å². The molecule has 1 heterocycles. The summed E-state index contributed by atoms with van der Waals surface area (Å²) < 4.78 is 26.9. The fourth-order valence-corrected chi connectivity index (χ4v) is 2.50. The summed E-state index contributed by atoms with van der Waals surface area (Å²) in [4.78, 5) is 12.8. The first kappa shape index (κ1) is 13.4. The van der Waals surface area contributed by atoms with E-state index >= 15 is 0 Å². The smallest absolute Gasteiger partial charge is 0.279 e. The first-order valence-electron chi connectivity index (χ1n) is 5.28. The number of rotatable bonds is 3. The average molecular weight is 249 g/mol. The van der Waals surface area contributed by atoms with Crippen molar-refractivity contribution in [3.05, 3.63) is 0 Å². The monoisotopic (exact) mass is 249 g/mol. The second-order valence-corrected chi connectivity index (χ2v) is 6.10. The molecule has 1 rings (SSSR count). The van der Waals surface area contributed by atoms with Crippen LogP contribution in [0.1, 0.15) is 19.8 Å². The van der Waals surface area contributed by atoms with Crippen LogP contribution in [-0.4, -0.2) is 56.8 Å². The van der Waals surface area contributed by atoms with Crippen LogP contribution in [0.4, 0.5) is 0 Å². The number of piperidine rings is 1. The normalized spacial score (nSPS) is 19.1. The largest absolute Gasteiger partial charge is 0.343 e. The number of likely N-dealkylation sites (tertiary alicyclic amines) is 1. The lowest BCUT2D eigenvalue weighted by Crippen LogP contribution is -2.48. The molecule has 6 nitrogen and oxygen atoms in total. The molecular formula is C9H19N3O3S. The molecule has 0 spiro atoms. The number of amides is 1. The highest BCUT2D eigenvalue weighted by molar-refractivity contribution is 7.87. The van der Waals surface area contributed by atoms with E-state index in [1.807, 2.05) is 0 Å². The van der Waals surface area contributed by atoms with Gasteiger partial charge < -0.3 is 4.90 Å². The summed E-state index contributed by atoms with van der Waals surface area (Å²) in [6.07, 6.45) is 1.35. The highest BCUT2D eigenvalue weighted by Crippen LogP contribution is 2.11. The van der Waals surface area contributed by atoms with Crippen molar-refractivity contribution in [2.75, 3.05) is 27.2 Å². The first-order chi connectivity index (χ1) is 7.33. The van der Waals surface area contributed by atoms with Gasteiger partial charge in [0.1, 0.15) is 0 Å². The van der Waals surface area contributed by atoms with Crippen LogP contribution in [0.25, 0.3) is 0 Å². The molecule has 0 aromatic carbocycles. The number of hydrogen-bond donors (Lipinski definition) is 1. The molecule has 0 radical (unpaired) electrons. The van der Waals surface area contributed by atoms with Gasteiger partial charge in [0.05, 0.1) is 0 Å². The zero-order valence-electron chi connectivity index (χ0n) is 9.93. The Labute approximate surface area is 96.8 Å². The van der Waals surface area contributed by atoms with Crippen LogP contribution in [0, 0.1) is 0 Å². The second-order valence-electron chi connectivity index (χ2n) is 4.19. The highest BCUT2D eigenvalue weighted by Gasteiger charge is 2.25. The van der Waals surface area contributed by atoms with Gasteiger partial charge in [-0.1, -0.05) is 0 Å². The molecule has 1 fully saturated rings. The topological polar surface area (TPSA) is 69.7 Å². The Kier molecular flexibility index (Phi) is 4.28. The van der Waals surface area contributed by atoms with Crippen LogP contribution in [-0.2, 0) is 15.0 Å². The summed E-state index contributed by atoms with van der Waals surface area (Å²) in [7, 11) is -0.369. The van der Waals surface area contributed by atoms with Gasteiger partial charge in [-0.2, -0.15) is 17.4 Å². The standard InChI is InChI=1S/C9H19N3O3S/c1-8(13)12-6-4-9(5-7-12)10-16(14,15)11(2)3/h9-10H,4-7H2,1-3H3. The lowest BCUT2D eigenvalue weighted by molar-refractivity contribution is -0.129. The predicted octanol–water partition coefficient (Wildman–Crippen LogP) is -0.607. The van der Waals surface area contributed by atoms with E-state index in [1.54, 1.807) is 4.90 Å². The minimum Gasteiger partial charge on any atom is -0.343 e. The number of hydrogen-bond acceptors (Lipinski definition) is 3. The zero-order chi connectivity index (χ0) is 12.3. The van der Waals surface area contributed by atoms with Gasteiger partial charge in [0.2, 0.25) is 5.91 Å². The van der Waals surface area contributed by atoms with Gasteiger partial charge in [0, 0.05) is 40.2 Å². The number of nitrogens with one attached hydrogen (secondary N) is 1. The van der Waals surface area contributed by atoms with Crippen LogP contribution >= 0.6 is 0 Å². The fourth-order valence-electron chi connectivity index (χ4n) is 1.63. The van der Waals surface area contributed by atoms with Crippen molar-refractivity contribution < 1.29 is 13.2 Å². The molecule has 1 saturated heterocycles. The Morgan fingerprint density at radius 2 is 1.81 bits per heavy atom. The molecule has 0 atom stereocenters. The van der Waals surface area contributed by atoms with Gasteiger partial charge in [0.15, 0.2) is 0 Å². The summed E-state index contributed by atoms with van der Waals surface area (Å²) in [5, 5.41) is 0. The molecule has 16 heavy (non-hydrogen) atoms. The first-order valence-corrected chi connectivity index (χ1v) is 6.72. The maximum atomic E-state index is 11.5. The lowest BCUT2D eigenvalue weighted by Gasteiger charge is -2.32. The van der Waals surface area contributed by atoms with E-state index in [1.165, 1.54) is 21.0 Å². The molecule has 7 heteroatoms. The summed E-state index contributed by atoms with van der Waals surface area (Å²) in [6.45, 7) is 2.77. The maximum Gasteiger partial charge on any atom is 0.279 e. The predicted molar refractivity (Wildman–Crippen MR) is 61.0 cm³/mol. The van der Waals surface area contributed by atoms with Crippen LogP contribution < -0.4 is 4.72 Å². The van der Waals surface area contributed by atoms with Crippen LogP contribution in [0.15, 0.2) is 0 Å². The molecule has 1 N–H and O–H groups in total. The van der Waals surface area contributed by atoms with Crippen molar-refractivity contribution in [2.45, 2.75) is 25.8 Å². The average Bonchev–Trinajstić information content (AvgIpc) is 2.17. The Morgan fingerprint density at radius 3 is 2.19 bits per heavy atom. The third-order valence-electron chi connectivity index (χ3n) is 2.74. The molecule has 0 aliphatic carbocycles. The molecule has 1 amide bonds. The Balaban J connectivity index is 2.47. The van der Waals surface area contributed by atoms with Gasteiger partial charge in [0.25, 0.3) is 10.2 Å². The molecule has 0 saturated carbocycles. The van der Waals surface area contributed by atoms with Gasteiger partial charge in [-0.3, -0.25) is 4.79 Å². The van der Waals surface area contributed by atoms with Crippen molar-refractivity contribution in [3.8, 4) is 0 Å². The molecule has 94 valence electrons. The van der Waals surface area contributed by atoms with Gasteiger partial charge in [-0.15, -0.1) is 0 Å². The number of nitrogens with zero attached hydrogens (tertiary/aromatic N) is 2. The summed E-state index contributed by atoms with van der Waals surface area (Å²) in [5.41, 5.74) is 0. The molecule has 1 aliphatic heterocycles. The third-order valence-corrected chi connectivity index (χ3v) is 4.33. The van der Waals surface area contributed by atoms with E-state index in [4.69, 9.17) is 0 Å². The minimum absolute atomic E-state index is 0.0499. The molecule has 0 unspecified atom stereocenters. The Morgan fingerprint density at radius 1 is 1.31 bits per heavy atom. The Hall–Kier alpha value is -0.660. The molecule has 0 bridgehead atoms. The van der Waals surface area contributed by atoms with E-state index in [2.05, 4.69) is 4.72 Å². The molecular weight excluding hydrogens is 230 g/mol. The zero-order valence-corrected chi connectivity index (χ0v) is 10.7. The van der Waals surface area contributed by atoms with Crippen LogP contribution in [0.5, 0.6) is 0 Å². The van der Waals surface area contributed by atoms with E-state index in [0.29, 0.717) is 25.9 Å². The van der Waals surface area contributed by atoms with Gasteiger partial charge >= 0.3 is 0 Å². The van der Waals surface area contributed by atoms with E-state index in [0.717, 1.165) is 4.31 Å². The summed E-state index contributed by atoms with van der Waals surface area (Å²) in [6, 6.07) is -0.0667. The minimum atomic E-state index is -3.36. The molecule has 0 aromatic rings. The molecule has 0 aromatic heterocycles. The number of carbonyl (C=O) groups excluding carboxylic acids is 1. The quantitative estimate of drug-likeness (QED) is 0.725. The van der Waals surface area contributed by atoms with Crippen molar-refractivity contribution in [3.63, 3.8) is 0 Å². The van der Waals surface area contributed by atoms with E-state index in [-0.39, 0.29) is 11.9 Å². The van der Waals surface area contributed by atoms with Crippen LogP contribution in [0.2, 0.25) is 0 Å². The second kappa shape index (κ2) is 5.11. The third kappa shape index (κ3) is 3.43. The van der Waals surface area contributed by atoms with Crippen molar-refractivity contribution in [1.29, 1.82) is 0 Å². The van der Waals surface area contributed by atoms with E-state index < -0.39 is 10.2 Å². The summed E-state index contributed by atoms with van der Waals surface area (Å²) in [5.74, 6) is 0.0499. The van der Waals surface area contributed by atoms with E-state index in [9.17, 15) is 13.2 Å². The SMILES string of the molecule is CC(=O)N1CCC(NS(=O)(=O)N(C)C)CC1. The van der Waals surface area contributed by atoms with Crippen molar-refractivity contribution in [1.82, 2.24) is 13.9 Å². The van der Waals surface area contributed by atoms with Crippen molar-refractivity contribution in [2.24, 2.45) is 0 Å². The lowest BCUT2D eigenvalue weighted by atomic mass is 10.1. The highest BCUT2D eigenvalue weighted by atomic mass is 32.2. The van der Waals surface area contributed by atoms with Crippen LogP contribution in [0.3, 0.4) is 0 Å². The van der Waals surface area contributed by atoms with Gasteiger partial charge in [-0.05, 0) is 12.8 Å². The van der Waals surface area contributed by atoms with Crippen molar-refractivity contribution >= 4 is 16.1 Å². The maximum absolute atomic E-state index is 11.5. The Bertz CT molecular complexity index is 345.